The summed E-state index contributed by atoms with van der Waals surface area (Å²) < 4.78 is 11.2. The Morgan fingerprint density at radius 1 is 1.36 bits per heavy atom. The van der Waals surface area contributed by atoms with Gasteiger partial charge in [-0.15, -0.1) is 0 Å². The third-order valence-electron chi connectivity index (χ3n) is 2.76. The summed E-state index contributed by atoms with van der Waals surface area (Å²) in [6.07, 6.45) is 2.68. The number of hydrogen-bond donors (Lipinski definition) is 0. The van der Waals surface area contributed by atoms with Crippen LogP contribution in [0.2, 0.25) is 10.0 Å². The number of ether oxygens (including phenoxy) is 2. The molecular weight excluding hydrogens is 333 g/mol. The lowest BCUT2D eigenvalue weighted by atomic mass is 10.5. The molecule has 2 aromatic heterocycles. The number of carbonyl (C=O) groups is 2. The Balaban J connectivity index is 1.98. The molecule has 0 N–H and O–H groups in total. The van der Waals surface area contributed by atoms with E-state index in [4.69, 9.17) is 27.9 Å². The van der Waals surface area contributed by atoms with Gasteiger partial charge >= 0.3 is 12.1 Å². The SMILES string of the molecule is COC(=O)N(C)CC(=O)OCc1cn2cc(Cl)cc(Cl)c2n1. The minimum Gasteiger partial charge on any atom is -0.458 e. The molecule has 0 spiro atoms. The summed E-state index contributed by atoms with van der Waals surface area (Å²) in [5.41, 5.74) is 1.03. The van der Waals surface area contributed by atoms with Crippen molar-refractivity contribution < 1.29 is 19.1 Å². The molecule has 0 radical (unpaired) electrons. The number of esters is 1. The van der Waals surface area contributed by atoms with E-state index in [1.54, 1.807) is 22.9 Å². The molecule has 0 atom stereocenters. The molecule has 2 aromatic rings. The van der Waals surface area contributed by atoms with E-state index >= 15 is 0 Å². The van der Waals surface area contributed by atoms with Crippen molar-refractivity contribution in [2.45, 2.75) is 6.61 Å². The van der Waals surface area contributed by atoms with Gasteiger partial charge in [-0.2, -0.15) is 0 Å². The number of pyridine rings is 1. The van der Waals surface area contributed by atoms with Crippen molar-refractivity contribution in [2.24, 2.45) is 0 Å². The number of hydrogen-bond acceptors (Lipinski definition) is 5. The van der Waals surface area contributed by atoms with E-state index in [1.165, 1.54) is 14.2 Å². The number of aromatic nitrogens is 2. The van der Waals surface area contributed by atoms with Crippen molar-refractivity contribution in [2.75, 3.05) is 20.7 Å². The molecule has 0 saturated heterocycles. The van der Waals surface area contributed by atoms with Crippen molar-refractivity contribution in [3.8, 4) is 0 Å². The molecule has 0 aromatic carbocycles. The van der Waals surface area contributed by atoms with Gasteiger partial charge in [0.1, 0.15) is 13.2 Å². The molecule has 7 nitrogen and oxygen atoms in total. The highest BCUT2D eigenvalue weighted by molar-refractivity contribution is 6.36. The van der Waals surface area contributed by atoms with E-state index in [0.717, 1.165) is 4.90 Å². The summed E-state index contributed by atoms with van der Waals surface area (Å²) in [5, 5.41) is 0.869. The van der Waals surface area contributed by atoms with E-state index in [-0.39, 0.29) is 13.2 Å². The zero-order valence-electron chi connectivity index (χ0n) is 11.9. The van der Waals surface area contributed by atoms with Crippen LogP contribution in [0.3, 0.4) is 0 Å². The Bertz CT molecular complexity index is 717. The molecular formula is C13H13Cl2N3O4. The van der Waals surface area contributed by atoms with Gasteiger partial charge in [0.2, 0.25) is 0 Å². The van der Waals surface area contributed by atoms with Crippen molar-refractivity contribution in [1.29, 1.82) is 0 Å². The summed E-state index contributed by atoms with van der Waals surface area (Å²) in [6.45, 7) is -0.254. The number of likely N-dealkylation sites (N-methyl/N-ethyl adjacent to an activating group) is 1. The number of amides is 1. The van der Waals surface area contributed by atoms with Crippen LogP contribution < -0.4 is 0 Å². The van der Waals surface area contributed by atoms with Crippen molar-refractivity contribution >= 4 is 40.9 Å². The number of halogens is 2. The Kier molecular flexibility index (Phi) is 5.10. The quantitative estimate of drug-likeness (QED) is 0.795. The first kappa shape index (κ1) is 16.4. The largest absolute Gasteiger partial charge is 0.458 e. The molecule has 0 aliphatic carbocycles. The van der Waals surface area contributed by atoms with E-state index in [2.05, 4.69) is 9.72 Å². The van der Waals surface area contributed by atoms with Gasteiger partial charge in [0.05, 0.1) is 22.8 Å². The predicted octanol–water partition coefficient (Wildman–Crippen LogP) is 2.38. The third-order valence-corrected chi connectivity index (χ3v) is 3.24. The highest BCUT2D eigenvalue weighted by Crippen LogP contribution is 2.21. The molecule has 0 aliphatic rings. The first-order chi connectivity index (χ1) is 10.4. The molecule has 0 unspecified atom stereocenters. The summed E-state index contributed by atoms with van der Waals surface area (Å²) in [6, 6.07) is 1.58. The van der Waals surface area contributed by atoms with Crippen LogP contribution in [0, 0.1) is 0 Å². The molecule has 9 heteroatoms. The summed E-state index contributed by atoms with van der Waals surface area (Å²) in [5.74, 6) is -0.575. The number of carbonyl (C=O) groups excluding carboxylic acids is 2. The predicted molar refractivity (Wildman–Crippen MR) is 80.0 cm³/mol. The van der Waals surface area contributed by atoms with Crippen LogP contribution in [0.15, 0.2) is 18.5 Å². The molecule has 118 valence electrons. The van der Waals surface area contributed by atoms with Gasteiger partial charge < -0.3 is 18.8 Å². The Labute approximate surface area is 136 Å². The fourth-order valence-corrected chi connectivity index (χ4v) is 2.29. The Morgan fingerprint density at radius 2 is 2.09 bits per heavy atom. The zero-order chi connectivity index (χ0) is 16.3. The Morgan fingerprint density at radius 3 is 2.77 bits per heavy atom. The van der Waals surface area contributed by atoms with Gasteiger partial charge in [0.25, 0.3) is 0 Å². The first-order valence-electron chi connectivity index (χ1n) is 6.18. The number of nitrogens with zero attached hydrogens (tertiary/aromatic N) is 3. The zero-order valence-corrected chi connectivity index (χ0v) is 13.4. The first-order valence-corrected chi connectivity index (χ1v) is 6.93. The molecule has 2 rings (SSSR count). The van der Waals surface area contributed by atoms with Crippen LogP contribution in [0.5, 0.6) is 0 Å². The molecule has 2 heterocycles. The lowest BCUT2D eigenvalue weighted by Gasteiger charge is -2.13. The van der Waals surface area contributed by atoms with Crippen LogP contribution >= 0.6 is 23.2 Å². The van der Waals surface area contributed by atoms with Crippen LogP contribution in [-0.2, 0) is 20.9 Å². The maximum atomic E-state index is 11.6. The Hall–Kier alpha value is -1.99. The average Bonchev–Trinajstić information content (AvgIpc) is 2.87. The van der Waals surface area contributed by atoms with Gasteiger partial charge in [-0.25, -0.2) is 9.78 Å². The highest BCUT2D eigenvalue weighted by atomic mass is 35.5. The van der Waals surface area contributed by atoms with E-state index in [9.17, 15) is 9.59 Å². The highest BCUT2D eigenvalue weighted by Gasteiger charge is 2.15. The molecule has 0 fully saturated rings. The second kappa shape index (κ2) is 6.85. The molecule has 0 saturated carbocycles. The molecule has 1 amide bonds. The molecule has 22 heavy (non-hydrogen) atoms. The fraction of sp³-hybridized carbons (Fsp3) is 0.308. The standard InChI is InChI=1S/C13H13Cl2N3O4/c1-17(13(20)21-2)6-11(19)22-7-9-5-18-4-8(14)3-10(15)12(18)16-9/h3-5H,6-7H2,1-2H3. The topological polar surface area (TPSA) is 73.1 Å². The minimum atomic E-state index is -0.619. The summed E-state index contributed by atoms with van der Waals surface area (Å²) in [7, 11) is 2.66. The lowest BCUT2D eigenvalue weighted by Crippen LogP contribution is -2.32. The van der Waals surface area contributed by atoms with Crippen LogP contribution in [0.1, 0.15) is 5.69 Å². The second-order valence-electron chi connectivity index (χ2n) is 4.46. The van der Waals surface area contributed by atoms with Crippen LogP contribution in [-0.4, -0.2) is 47.0 Å². The maximum absolute atomic E-state index is 11.6. The van der Waals surface area contributed by atoms with Gasteiger partial charge in [0.15, 0.2) is 5.65 Å². The van der Waals surface area contributed by atoms with E-state index < -0.39 is 12.1 Å². The van der Waals surface area contributed by atoms with E-state index in [0.29, 0.717) is 21.4 Å². The number of fused-ring (bicyclic) bond motifs is 1. The number of imidazole rings is 1. The normalized spacial score (nSPS) is 10.5. The van der Waals surface area contributed by atoms with E-state index in [1.807, 2.05) is 0 Å². The lowest BCUT2D eigenvalue weighted by molar-refractivity contribution is -0.145. The summed E-state index contributed by atoms with van der Waals surface area (Å²) >= 11 is 11.9. The van der Waals surface area contributed by atoms with Crippen molar-refractivity contribution in [1.82, 2.24) is 14.3 Å². The van der Waals surface area contributed by atoms with Crippen molar-refractivity contribution in [3.63, 3.8) is 0 Å². The smallest absolute Gasteiger partial charge is 0.409 e. The minimum absolute atomic E-state index is 0.0382. The fourth-order valence-electron chi connectivity index (χ4n) is 1.76. The number of rotatable bonds is 4. The second-order valence-corrected chi connectivity index (χ2v) is 5.30. The van der Waals surface area contributed by atoms with Gasteiger partial charge in [-0.05, 0) is 6.07 Å². The van der Waals surface area contributed by atoms with Gasteiger partial charge in [-0.1, -0.05) is 23.2 Å². The maximum Gasteiger partial charge on any atom is 0.409 e. The van der Waals surface area contributed by atoms with Crippen LogP contribution in [0.4, 0.5) is 4.79 Å². The monoisotopic (exact) mass is 345 g/mol. The van der Waals surface area contributed by atoms with Crippen LogP contribution in [0.25, 0.3) is 5.65 Å². The molecule has 0 aliphatic heterocycles. The average molecular weight is 346 g/mol. The van der Waals surface area contributed by atoms with Gasteiger partial charge in [-0.3, -0.25) is 4.79 Å². The number of methoxy groups -OCH3 is 1. The molecule has 0 bridgehead atoms. The van der Waals surface area contributed by atoms with Crippen molar-refractivity contribution in [3.05, 3.63) is 34.2 Å². The van der Waals surface area contributed by atoms with Gasteiger partial charge in [0, 0.05) is 19.4 Å². The third kappa shape index (κ3) is 3.80. The summed E-state index contributed by atoms with van der Waals surface area (Å²) in [4.78, 5) is 28.1.